The molecule has 1 aliphatic heterocycles. The first-order valence-corrected chi connectivity index (χ1v) is 8.01. The Hall–Kier alpha value is -1.13. The zero-order valence-electron chi connectivity index (χ0n) is 13.7. The normalized spacial score (nSPS) is 21.6. The zero-order chi connectivity index (χ0) is 15.4. The Morgan fingerprint density at radius 1 is 1.38 bits per heavy atom. The molecular weight excluding hydrogens is 265 g/mol. The number of nitrogens with zero attached hydrogens (tertiary/aromatic N) is 2. The van der Waals surface area contributed by atoms with Crippen LogP contribution >= 0.6 is 0 Å². The van der Waals surface area contributed by atoms with Gasteiger partial charge in [0, 0.05) is 31.7 Å². The van der Waals surface area contributed by atoms with Gasteiger partial charge in [-0.25, -0.2) is 4.39 Å². The fraction of sp³-hybridized carbons (Fsp3) is 0.647. The number of para-hydroxylation sites is 1. The molecule has 1 saturated heterocycles. The quantitative estimate of drug-likeness (QED) is 0.900. The minimum atomic E-state index is -0.103. The number of hydrogen-bond acceptors (Lipinski definition) is 3. The van der Waals surface area contributed by atoms with Crippen molar-refractivity contribution in [2.45, 2.75) is 39.3 Å². The number of benzene rings is 1. The van der Waals surface area contributed by atoms with Crippen molar-refractivity contribution in [3.05, 3.63) is 29.6 Å². The summed E-state index contributed by atoms with van der Waals surface area (Å²) in [5, 5.41) is 3.48. The average Bonchev–Trinajstić information content (AvgIpc) is 2.45. The van der Waals surface area contributed by atoms with E-state index in [0.29, 0.717) is 6.04 Å². The molecule has 0 aliphatic carbocycles. The lowest BCUT2D eigenvalue weighted by Crippen LogP contribution is -2.51. The van der Waals surface area contributed by atoms with E-state index in [4.69, 9.17) is 0 Å². The van der Waals surface area contributed by atoms with Crippen LogP contribution < -0.4 is 10.2 Å². The van der Waals surface area contributed by atoms with Gasteiger partial charge in [0.15, 0.2) is 0 Å². The Morgan fingerprint density at radius 2 is 2.14 bits per heavy atom. The number of anilines is 1. The predicted octanol–water partition coefficient (Wildman–Crippen LogP) is 3.03. The maximum Gasteiger partial charge on any atom is 0.146 e. The van der Waals surface area contributed by atoms with Gasteiger partial charge in [0.25, 0.3) is 0 Å². The molecule has 2 rings (SSSR count). The monoisotopic (exact) mass is 293 g/mol. The van der Waals surface area contributed by atoms with Gasteiger partial charge < -0.3 is 15.1 Å². The van der Waals surface area contributed by atoms with Gasteiger partial charge in [-0.05, 0) is 45.5 Å². The van der Waals surface area contributed by atoms with Crippen molar-refractivity contribution in [1.29, 1.82) is 0 Å². The summed E-state index contributed by atoms with van der Waals surface area (Å²) in [4.78, 5) is 4.54. The number of rotatable bonds is 5. The molecular formula is C17H28FN3. The number of likely N-dealkylation sites (N-methyl/N-ethyl adjacent to an activating group) is 1. The number of nitrogens with one attached hydrogen (secondary N) is 1. The summed E-state index contributed by atoms with van der Waals surface area (Å²) in [5.41, 5.74) is 1.86. The van der Waals surface area contributed by atoms with Gasteiger partial charge in [0.2, 0.25) is 0 Å². The van der Waals surface area contributed by atoms with E-state index < -0.39 is 0 Å². The number of hydrogen-bond donors (Lipinski definition) is 1. The molecule has 2 atom stereocenters. The van der Waals surface area contributed by atoms with Crippen molar-refractivity contribution in [3.63, 3.8) is 0 Å². The third kappa shape index (κ3) is 3.74. The third-order valence-electron chi connectivity index (χ3n) is 4.30. The number of piperazine rings is 1. The molecule has 0 aromatic heterocycles. The first-order valence-electron chi connectivity index (χ1n) is 8.01. The molecule has 4 heteroatoms. The summed E-state index contributed by atoms with van der Waals surface area (Å²) in [6.45, 7) is 10.2. The fourth-order valence-electron chi connectivity index (χ4n) is 3.13. The van der Waals surface area contributed by atoms with Crippen LogP contribution in [-0.4, -0.2) is 44.2 Å². The van der Waals surface area contributed by atoms with Crippen LogP contribution in [0.1, 0.15) is 38.8 Å². The molecule has 0 saturated carbocycles. The molecule has 0 amide bonds. The predicted molar refractivity (Wildman–Crippen MR) is 87.4 cm³/mol. The second-order valence-electron chi connectivity index (χ2n) is 6.16. The lowest BCUT2D eigenvalue weighted by molar-refractivity contribution is 0.274. The highest BCUT2D eigenvalue weighted by atomic mass is 19.1. The van der Waals surface area contributed by atoms with Crippen LogP contribution in [0.2, 0.25) is 0 Å². The van der Waals surface area contributed by atoms with E-state index in [1.165, 1.54) is 0 Å². The highest BCUT2D eigenvalue weighted by Gasteiger charge is 2.27. The highest BCUT2D eigenvalue weighted by molar-refractivity contribution is 5.57. The van der Waals surface area contributed by atoms with E-state index in [0.717, 1.165) is 43.9 Å². The van der Waals surface area contributed by atoms with Gasteiger partial charge in [-0.15, -0.1) is 0 Å². The Morgan fingerprint density at radius 3 is 2.81 bits per heavy atom. The van der Waals surface area contributed by atoms with Crippen molar-refractivity contribution >= 4 is 5.69 Å². The van der Waals surface area contributed by atoms with Gasteiger partial charge in [0.1, 0.15) is 5.82 Å². The van der Waals surface area contributed by atoms with Crippen LogP contribution in [0, 0.1) is 5.82 Å². The van der Waals surface area contributed by atoms with Gasteiger partial charge in [0.05, 0.1) is 5.69 Å². The lowest BCUT2D eigenvalue weighted by atomic mass is 10.0. The number of halogens is 1. The van der Waals surface area contributed by atoms with Crippen LogP contribution in [0.15, 0.2) is 18.2 Å². The first kappa shape index (κ1) is 16.2. The molecule has 0 spiro atoms. The van der Waals surface area contributed by atoms with E-state index in [2.05, 4.69) is 49.0 Å². The summed E-state index contributed by atoms with van der Waals surface area (Å²) in [6.07, 6.45) is 1.08. The summed E-state index contributed by atoms with van der Waals surface area (Å²) < 4.78 is 14.5. The van der Waals surface area contributed by atoms with Crippen LogP contribution in [0.3, 0.4) is 0 Å². The van der Waals surface area contributed by atoms with Gasteiger partial charge in [-0.1, -0.05) is 19.1 Å². The lowest BCUT2D eigenvalue weighted by Gasteiger charge is -2.41. The summed E-state index contributed by atoms with van der Waals surface area (Å²) in [6, 6.07) is 5.95. The van der Waals surface area contributed by atoms with Crippen molar-refractivity contribution < 1.29 is 4.39 Å². The highest BCUT2D eigenvalue weighted by Crippen LogP contribution is 2.31. The largest absolute Gasteiger partial charge is 0.364 e. The molecule has 118 valence electrons. The van der Waals surface area contributed by atoms with Gasteiger partial charge in [-0.2, -0.15) is 0 Å². The maximum atomic E-state index is 14.5. The average molecular weight is 293 g/mol. The minimum absolute atomic E-state index is 0.103. The SMILES string of the molecule is CCCNC(C)c1cccc(F)c1N1CCN(C)CC1C. The van der Waals surface area contributed by atoms with E-state index in [9.17, 15) is 4.39 Å². The second-order valence-corrected chi connectivity index (χ2v) is 6.16. The fourth-order valence-corrected chi connectivity index (χ4v) is 3.13. The molecule has 1 fully saturated rings. The van der Waals surface area contributed by atoms with Crippen molar-refractivity contribution in [3.8, 4) is 0 Å². The topological polar surface area (TPSA) is 18.5 Å². The molecule has 3 nitrogen and oxygen atoms in total. The smallest absolute Gasteiger partial charge is 0.146 e. The second kappa shape index (κ2) is 7.23. The molecule has 1 aromatic rings. The van der Waals surface area contributed by atoms with Crippen LogP contribution in [-0.2, 0) is 0 Å². The third-order valence-corrected chi connectivity index (χ3v) is 4.30. The van der Waals surface area contributed by atoms with E-state index in [1.807, 2.05) is 6.07 Å². The van der Waals surface area contributed by atoms with Crippen molar-refractivity contribution in [2.75, 3.05) is 38.1 Å². The standard InChI is InChI=1S/C17H28FN3/c1-5-9-19-14(3)15-7-6-8-16(18)17(15)21-11-10-20(4)12-13(21)2/h6-8,13-14,19H,5,9-12H2,1-4H3. The van der Waals surface area contributed by atoms with Crippen LogP contribution in [0.25, 0.3) is 0 Å². The van der Waals surface area contributed by atoms with Gasteiger partial charge >= 0.3 is 0 Å². The Labute approximate surface area is 128 Å². The first-order chi connectivity index (χ1) is 10.0. The van der Waals surface area contributed by atoms with Crippen molar-refractivity contribution in [1.82, 2.24) is 10.2 Å². The molecule has 1 N–H and O–H groups in total. The Bertz CT molecular complexity index is 463. The molecule has 0 radical (unpaired) electrons. The Balaban J connectivity index is 2.29. The molecule has 21 heavy (non-hydrogen) atoms. The molecule has 1 aliphatic rings. The van der Waals surface area contributed by atoms with Crippen LogP contribution in [0.4, 0.5) is 10.1 Å². The minimum Gasteiger partial charge on any atom is -0.364 e. The summed E-state index contributed by atoms with van der Waals surface area (Å²) in [5.74, 6) is -0.103. The zero-order valence-corrected chi connectivity index (χ0v) is 13.7. The molecule has 0 bridgehead atoms. The van der Waals surface area contributed by atoms with E-state index in [1.54, 1.807) is 6.07 Å². The van der Waals surface area contributed by atoms with Crippen LogP contribution in [0.5, 0.6) is 0 Å². The molecule has 1 aromatic carbocycles. The summed E-state index contributed by atoms with van der Waals surface area (Å²) >= 11 is 0. The molecule has 2 unspecified atom stereocenters. The van der Waals surface area contributed by atoms with E-state index in [-0.39, 0.29) is 11.9 Å². The van der Waals surface area contributed by atoms with E-state index >= 15 is 0 Å². The summed E-state index contributed by atoms with van der Waals surface area (Å²) in [7, 11) is 2.13. The Kier molecular flexibility index (Phi) is 5.59. The van der Waals surface area contributed by atoms with Gasteiger partial charge in [-0.3, -0.25) is 0 Å². The van der Waals surface area contributed by atoms with Crippen molar-refractivity contribution in [2.24, 2.45) is 0 Å². The molecule has 1 heterocycles. The maximum absolute atomic E-state index is 14.5.